The molecule has 9 nitrogen and oxygen atoms in total. The van der Waals surface area contributed by atoms with Gasteiger partial charge in [0.05, 0.1) is 6.61 Å². The topological polar surface area (TPSA) is 107 Å². The molecule has 9 heteroatoms. The Hall–Kier alpha value is -3.20. The van der Waals surface area contributed by atoms with Crippen LogP contribution in [0.4, 0.5) is 10.6 Å². The molecule has 1 unspecified atom stereocenters. The molecule has 1 aromatic heterocycles. The zero-order valence-electron chi connectivity index (χ0n) is 15.4. The summed E-state index contributed by atoms with van der Waals surface area (Å²) in [6.07, 6.45) is 0.184. The Morgan fingerprint density at radius 2 is 1.96 bits per heavy atom. The predicted octanol–water partition coefficient (Wildman–Crippen LogP) is 2.78. The van der Waals surface area contributed by atoms with Gasteiger partial charge in [0.15, 0.2) is 0 Å². The van der Waals surface area contributed by atoms with Gasteiger partial charge in [-0.25, -0.2) is 4.79 Å². The van der Waals surface area contributed by atoms with Gasteiger partial charge in [-0.1, -0.05) is 12.1 Å². The lowest BCUT2D eigenvalue weighted by molar-refractivity contribution is -0.389. The SMILES string of the molecule is CNC(CCOc1cccc([N+](=O)[O-])n1)c1ccc(OC(=O)N(C)C)cc1. The molecule has 1 atom stereocenters. The first-order chi connectivity index (χ1) is 12.9. The van der Waals surface area contributed by atoms with Gasteiger partial charge in [0.1, 0.15) is 5.75 Å². The predicted molar refractivity (Wildman–Crippen MR) is 99.0 cm³/mol. The summed E-state index contributed by atoms with van der Waals surface area (Å²) < 4.78 is 10.7. The Morgan fingerprint density at radius 3 is 2.56 bits per heavy atom. The first-order valence-corrected chi connectivity index (χ1v) is 8.31. The molecule has 0 saturated carbocycles. The standard InChI is InChI=1S/C18H22N4O5/c1-19-15(11-12-26-17-6-4-5-16(20-17)22(24)25)13-7-9-14(10-8-13)27-18(23)21(2)3/h4-10,15,19H,11-12H2,1-3H3. The summed E-state index contributed by atoms with van der Waals surface area (Å²) >= 11 is 0. The molecular weight excluding hydrogens is 352 g/mol. The maximum Gasteiger partial charge on any atom is 0.414 e. The van der Waals surface area contributed by atoms with Crippen LogP contribution in [0.15, 0.2) is 42.5 Å². The van der Waals surface area contributed by atoms with Crippen molar-refractivity contribution in [3.63, 3.8) is 0 Å². The van der Waals surface area contributed by atoms with E-state index in [2.05, 4.69) is 10.3 Å². The number of aromatic nitrogens is 1. The van der Waals surface area contributed by atoms with Crippen molar-refractivity contribution in [1.29, 1.82) is 0 Å². The van der Waals surface area contributed by atoms with E-state index in [0.29, 0.717) is 18.8 Å². The third-order valence-corrected chi connectivity index (χ3v) is 3.75. The average molecular weight is 374 g/mol. The Bertz CT molecular complexity index is 780. The number of ether oxygens (including phenoxy) is 2. The Morgan fingerprint density at radius 1 is 1.26 bits per heavy atom. The van der Waals surface area contributed by atoms with Crippen LogP contribution in [0.2, 0.25) is 0 Å². The van der Waals surface area contributed by atoms with E-state index in [1.165, 1.54) is 17.0 Å². The Balaban J connectivity index is 1.92. The Labute approximate surface area is 157 Å². The lowest BCUT2D eigenvalue weighted by Crippen LogP contribution is -2.25. The van der Waals surface area contributed by atoms with Crippen molar-refractivity contribution in [1.82, 2.24) is 15.2 Å². The van der Waals surface area contributed by atoms with Crippen LogP contribution in [-0.4, -0.2) is 48.7 Å². The zero-order valence-corrected chi connectivity index (χ0v) is 15.4. The van der Waals surface area contributed by atoms with Crippen LogP contribution < -0.4 is 14.8 Å². The van der Waals surface area contributed by atoms with Gasteiger partial charge in [0.25, 0.3) is 0 Å². The van der Waals surface area contributed by atoms with Crippen LogP contribution in [0.5, 0.6) is 11.6 Å². The molecule has 144 valence electrons. The second-order valence-electron chi connectivity index (χ2n) is 5.90. The molecule has 1 aromatic carbocycles. The van der Waals surface area contributed by atoms with Crippen LogP contribution in [0.1, 0.15) is 18.0 Å². The molecule has 0 bridgehead atoms. The minimum absolute atomic E-state index is 0.00213. The maximum atomic E-state index is 11.6. The van der Waals surface area contributed by atoms with Crippen molar-refractivity contribution in [3.8, 4) is 11.6 Å². The van der Waals surface area contributed by atoms with Crippen molar-refractivity contribution < 1.29 is 19.2 Å². The smallest absolute Gasteiger partial charge is 0.414 e. The second-order valence-corrected chi connectivity index (χ2v) is 5.90. The molecule has 1 N–H and O–H groups in total. The van der Waals surface area contributed by atoms with E-state index in [1.54, 1.807) is 32.3 Å². The van der Waals surface area contributed by atoms with Crippen molar-refractivity contribution >= 4 is 11.9 Å². The number of nitrogens with zero attached hydrogens (tertiary/aromatic N) is 3. The number of nitrogens with one attached hydrogen (secondary N) is 1. The molecule has 2 rings (SSSR count). The molecule has 0 aliphatic carbocycles. The summed E-state index contributed by atoms with van der Waals surface area (Å²) in [7, 11) is 5.06. The largest absolute Gasteiger partial charge is 0.459 e. The van der Waals surface area contributed by atoms with Gasteiger partial charge in [0.2, 0.25) is 0 Å². The summed E-state index contributed by atoms with van der Waals surface area (Å²) in [5, 5.41) is 13.9. The number of benzene rings is 1. The monoisotopic (exact) mass is 374 g/mol. The lowest BCUT2D eigenvalue weighted by atomic mass is 10.0. The van der Waals surface area contributed by atoms with Crippen molar-refractivity contribution in [2.45, 2.75) is 12.5 Å². The first kappa shape index (κ1) is 20.1. The lowest BCUT2D eigenvalue weighted by Gasteiger charge is -2.17. The summed E-state index contributed by atoms with van der Waals surface area (Å²) in [4.78, 5) is 26.9. The van der Waals surface area contributed by atoms with Gasteiger partial charge in [-0.05, 0) is 35.7 Å². The van der Waals surface area contributed by atoms with Gasteiger partial charge in [-0.3, -0.25) is 0 Å². The number of hydrogen-bond acceptors (Lipinski definition) is 7. The normalized spacial score (nSPS) is 11.5. The fourth-order valence-corrected chi connectivity index (χ4v) is 2.31. The van der Waals surface area contributed by atoms with E-state index in [0.717, 1.165) is 5.56 Å². The molecule has 0 saturated heterocycles. The molecular formula is C18H22N4O5. The molecule has 0 radical (unpaired) electrons. The number of pyridine rings is 1. The number of rotatable bonds is 8. The first-order valence-electron chi connectivity index (χ1n) is 8.31. The molecule has 0 aliphatic heterocycles. The second kappa shape index (κ2) is 9.48. The van der Waals surface area contributed by atoms with Gasteiger partial charge in [-0.15, -0.1) is 0 Å². The fraction of sp³-hybridized carbons (Fsp3) is 0.333. The highest BCUT2D eigenvalue weighted by molar-refractivity contribution is 5.69. The molecule has 0 fully saturated rings. The van der Waals surface area contributed by atoms with Crippen molar-refractivity contribution in [2.24, 2.45) is 0 Å². The molecule has 1 heterocycles. The molecule has 0 aliphatic rings. The maximum absolute atomic E-state index is 11.6. The highest BCUT2D eigenvalue weighted by atomic mass is 16.6. The number of carbonyl (C=O) groups excluding carboxylic acids is 1. The van der Waals surface area contributed by atoms with E-state index in [1.807, 2.05) is 19.2 Å². The summed E-state index contributed by atoms with van der Waals surface area (Å²) in [5.74, 6) is 0.426. The van der Waals surface area contributed by atoms with Crippen LogP contribution >= 0.6 is 0 Å². The minimum Gasteiger partial charge on any atom is -0.459 e. The third-order valence-electron chi connectivity index (χ3n) is 3.75. The van der Waals surface area contributed by atoms with E-state index >= 15 is 0 Å². The number of carbonyl (C=O) groups is 1. The van der Waals surface area contributed by atoms with E-state index in [-0.39, 0.29) is 17.7 Å². The highest BCUT2D eigenvalue weighted by Crippen LogP contribution is 2.21. The van der Waals surface area contributed by atoms with Crippen molar-refractivity contribution in [3.05, 3.63) is 58.1 Å². The van der Waals surface area contributed by atoms with Crippen LogP contribution in [-0.2, 0) is 0 Å². The quantitative estimate of drug-likeness (QED) is 0.559. The van der Waals surface area contributed by atoms with Crippen molar-refractivity contribution in [2.75, 3.05) is 27.7 Å². The fourth-order valence-electron chi connectivity index (χ4n) is 2.31. The van der Waals surface area contributed by atoms with Gasteiger partial charge >= 0.3 is 17.8 Å². The van der Waals surface area contributed by atoms with E-state index in [9.17, 15) is 14.9 Å². The average Bonchev–Trinajstić information content (AvgIpc) is 2.66. The molecule has 0 spiro atoms. The number of amides is 1. The summed E-state index contributed by atoms with van der Waals surface area (Å²) in [6.45, 7) is 0.330. The van der Waals surface area contributed by atoms with Crippen LogP contribution in [0.3, 0.4) is 0 Å². The number of nitro groups is 1. The molecule has 2 aromatic rings. The minimum atomic E-state index is -0.562. The van der Waals surface area contributed by atoms with Gasteiger partial charge < -0.3 is 29.8 Å². The summed E-state index contributed by atoms with van der Waals surface area (Å²) in [5.41, 5.74) is 0.998. The molecule has 1 amide bonds. The van der Waals surface area contributed by atoms with Gasteiger partial charge in [0, 0.05) is 43.7 Å². The van der Waals surface area contributed by atoms with E-state index in [4.69, 9.17) is 9.47 Å². The molecule has 27 heavy (non-hydrogen) atoms. The van der Waals surface area contributed by atoms with Crippen LogP contribution in [0, 0.1) is 10.1 Å². The van der Waals surface area contributed by atoms with Gasteiger partial charge in [-0.2, -0.15) is 0 Å². The summed E-state index contributed by atoms with van der Waals surface area (Å²) in [6, 6.07) is 11.6. The van der Waals surface area contributed by atoms with Crippen LogP contribution in [0.25, 0.3) is 0 Å². The number of hydrogen-bond donors (Lipinski definition) is 1. The zero-order chi connectivity index (χ0) is 19.8. The van der Waals surface area contributed by atoms with E-state index < -0.39 is 11.0 Å². The third kappa shape index (κ3) is 5.93. The highest BCUT2D eigenvalue weighted by Gasteiger charge is 2.14. The Kier molecular flexibility index (Phi) is 7.07.